The molecule has 0 aliphatic carbocycles. The number of carbonyl (C=O) groups is 1. The van der Waals surface area contributed by atoms with Gasteiger partial charge in [-0.3, -0.25) is 4.79 Å². The lowest BCUT2D eigenvalue weighted by molar-refractivity contribution is 0.0585. The molecule has 94 valence electrons. The Bertz CT molecular complexity index is 369. The van der Waals surface area contributed by atoms with E-state index in [2.05, 4.69) is 20.8 Å². The minimum absolute atomic E-state index is 0.0409. The molecule has 0 N–H and O–H groups in total. The predicted octanol–water partition coefficient (Wildman–Crippen LogP) is 3.59. The van der Waals surface area contributed by atoms with E-state index in [0.29, 0.717) is 0 Å². The largest absolute Gasteiger partial charge is 0.371 e. The van der Waals surface area contributed by atoms with Crippen molar-refractivity contribution in [3.8, 4) is 0 Å². The van der Waals surface area contributed by atoms with Crippen molar-refractivity contribution in [1.82, 2.24) is 0 Å². The number of hydrogen-bond acceptors (Lipinski definition) is 2. The maximum Gasteiger partial charge on any atom is 0.188 e. The first-order chi connectivity index (χ1) is 7.80. The zero-order valence-corrected chi connectivity index (χ0v) is 11.4. The molecule has 0 amide bonds. The van der Waals surface area contributed by atoms with Crippen molar-refractivity contribution in [2.75, 3.05) is 6.61 Å². The summed E-state index contributed by atoms with van der Waals surface area (Å²) in [5, 5.41) is 0. The molecule has 0 aliphatic heterocycles. The van der Waals surface area contributed by atoms with Crippen LogP contribution in [0.25, 0.3) is 0 Å². The van der Waals surface area contributed by atoms with Gasteiger partial charge in [-0.2, -0.15) is 0 Å². The molecular weight excluding hydrogens is 212 g/mol. The van der Waals surface area contributed by atoms with Crippen LogP contribution in [0, 0.1) is 0 Å². The zero-order valence-electron chi connectivity index (χ0n) is 11.4. The van der Waals surface area contributed by atoms with Gasteiger partial charge in [0.2, 0.25) is 0 Å². The smallest absolute Gasteiger partial charge is 0.188 e. The first-order valence-electron chi connectivity index (χ1n) is 6.06. The maximum atomic E-state index is 11.8. The number of hydrogen-bond donors (Lipinski definition) is 0. The van der Waals surface area contributed by atoms with Crippen LogP contribution in [0.1, 0.15) is 50.5 Å². The van der Waals surface area contributed by atoms with E-state index in [1.165, 1.54) is 5.56 Å². The van der Waals surface area contributed by atoms with E-state index < -0.39 is 0 Å². The summed E-state index contributed by atoms with van der Waals surface area (Å²) in [5.74, 6) is 0.0409. The molecule has 0 saturated heterocycles. The lowest BCUT2D eigenvalue weighted by Crippen LogP contribution is -2.14. The van der Waals surface area contributed by atoms with E-state index in [1.54, 1.807) is 0 Å². The first-order valence-corrected chi connectivity index (χ1v) is 6.06. The Balaban J connectivity index is 2.71. The van der Waals surface area contributed by atoms with Crippen molar-refractivity contribution in [2.24, 2.45) is 0 Å². The molecule has 0 aromatic heterocycles. The number of rotatable bonds is 4. The minimum Gasteiger partial charge on any atom is -0.371 e. The molecule has 0 radical (unpaired) electrons. The van der Waals surface area contributed by atoms with Gasteiger partial charge in [0, 0.05) is 5.56 Å². The highest BCUT2D eigenvalue weighted by Gasteiger charge is 2.14. The van der Waals surface area contributed by atoms with Crippen molar-refractivity contribution in [2.45, 2.75) is 46.1 Å². The summed E-state index contributed by atoms with van der Waals surface area (Å²) in [6.45, 7) is 10.5. The Morgan fingerprint density at radius 2 is 1.71 bits per heavy atom. The summed E-state index contributed by atoms with van der Waals surface area (Å²) in [6.07, 6.45) is 0.0906. The van der Waals surface area contributed by atoms with Gasteiger partial charge in [0.15, 0.2) is 5.78 Å². The van der Waals surface area contributed by atoms with Crippen LogP contribution < -0.4 is 0 Å². The van der Waals surface area contributed by atoms with Crippen LogP contribution in [0.4, 0.5) is 0 Å². The molecule has 0 bridgehead atoms. The molecule has 0 heterocycles. The van der Waals surface area contributed by atoms with Crippen LogP contribution in [0.2, 0.25) is 0 Å². The molecule has 0 atom stereocenters. The van der Waals surface area contributed by atoms with Gasteiger partial charge in [-0.1, -0.05) is 45.0 Å². The fourth-order valence-electron chi connectivity index (χ4n) is 1.48. The number of Topliss-reactive ketones (excluding diaryl/α,β-unsaturated/α-hetero) is 1. The van der Waals surface area contributed by atoms with Crippen LogP contribution >= 0.6 is 0 Å². The van der Waals surface area contributed by atoms with Crippen molar-refractivity contribution in [1.29, 1.82) is 0 Å². The molecule has 2 nitrogen and oxygen atoms in total. The quantitative estimate of drug-likeness (QED) is 0.744. The van der Waals surface area contributed by atoms with Gasteiger partial charge in [0.1, 0.15) is 6.61 Å². The zero-order chi connectivity index (χ0) is 13.1. The summed E-state index contributed by atoms with van der Waals surface area (Å²) in [7, 11) is 0. The second kappa shape index (κ2) is 5.46. The molecular formula is C15H22O2. The first kappa shape index (κ1) is 13.9. The molecule has 0 spiro atoms. The van der Waals surface area contributed by atoms with Crippen LogP contribution in [0.5, 0.6) is 0 Å². The third-order valence-electron chi connectivity index (χ3n) is 2.62. The van der Waals surface area contributed by atoms with Crippen molar-refractivity contribution < 1.29 is 9.53 Å². The summed E-state index contributed by atoms with van der Waals surface area (Å²) >= 11 is 0. The number of ether oxygens (including phenoxy) is 1. The number of ketones is 1. The predicted molar refractivity (Wildman–Crippen MR) is 70.6 cm³/mol. The van der Waals surface area contributed by atoms with Gasteiger partial charge in [-0.15, -0.1) is 0 Å². The third kappa shape index (κ3) is 4.31. The second-order valence-corrected chi connectivity index (χ2v) is 5.61. The Kier molecular flexibility index (Phi) is 4.47. The van der Waals surface area contributed by atoms with E-state index >= 15 is 0 Å². The fourth-order valence-corrected chi connectivity index (χ4v) is 1.48. The van der Waals surface area contributed by atoms with E-state index in [9.17, 15) is 4.79 Å². The van der Waals surface area contributed by atoms with E-state index in [4.69, 9.17) is 4.74 Å². The summed E-state index contributed by atoms with van der Waals surface area (Å²) in [4.78, 5) is 11.8. The van der Waals surface area contributed by atoms with Gasteiger partial charge in [0.05, 0.1) is 6.10 Å². The molecule has 17 heavy (non-hydrogen) atoms. The standard InChI is InChI=1S/C15H22O2/c1-11(2)17-10-14(16)12-6-8-13(9-7-12)15(3,4)5/h6-9,11H,10H2,1-5H3. The van der Waals surface area contributed by atoms with Gasteiger partial charge in [0.25, 0.3) is 0 Å². The van der Waals surface area contributed by atoms with E-state index in [1.807, 2.05) is 38.1 Å². The topological polar surface area (TPSA) is 26.3 Å². The Morgan fingerprint density at radius 3 is 2.12 bits per heavy atom. The summed E-state index contributed by atoms with van der Waals surface area (Å²) in [6, 6.07) is 7.80. The van der Waals surface area contributed by atoms with Crippen LogP contribution in [-0.2, 0) is 10.2 Å². The molecule has 1 aromatic rings. The van der Waals surface area contributed by atoms with Crippen molar-refractivity contribution in [3.05, 3.63) is 35.4 Å². The SMILES string of the molecule is CC(C)OCC(=O)c1ccc(C(C)(C)C)cc1. The molecule has 1 aromatic carbocycles. The van der Waals surface area contributed by atoms with Crippen molar-refractivity contribution in [3.63, 3.8) is 0 Å². The molecule has 0 aliphatic rings. The van der Waals surface area contributed by atoms with Crippen LogP contribution in [-0.4, -0.2) is 18.5 Å². The Hall–Kier alpha value is -1.15. The van der Waals surface area contributed by atoms with Gasteiger partial charge >= 0.3 is 0 Å². The highest BCUT2D eigenvalue weighted by molar-refractivity contribution is 5.97. The van der Waals surface area contributed by atoms with E-state index in [0.717, 1.165) is 5.56 Å². The van der Waals surface area contributed by atoms with Crippen molar-refractivity contribution >= 4 is 5.78 Å². The second-order valence-electron chi connectivity index (χ2n) is 5.61. The lowest BCUT2D eigenvalue weighted by Gasteiger charge is -2.19. The average molecular weight is 234 g/mol. The molecule has 0 unspecified atom stereocenters. The fraction of sp³-hybridized carbons (Fsp3) is 0.533. The van der Waals surface area contributed by atoms with Gasteiger partial charge in [-0.25, -0.2) is 0 Å². The maximum absolute atomic E-state index is 11.8. The monoisotopic (exact) mass is 234 g/mol. The lowest BCUT2D eigenvalue weighted by atomic mass is 9.86. The normalized spacial score (nSPS) is 11.9. The van der Waals surface area contributed by atoms with E-state index in [-0.39, 0.29) is 23.9 Å². The number of benzene rings is 1. The van der Waals surface area contributed by atoms with Crippen LogP contribution in [0.3, 0.4) is 0 Å². The molecule has 0 saturated carbocycles. The molecule has 0 fully saturated rings. The highest BCUT2D eigenvalue weighted by atomic mass is 16.5. The minimum atomic E-state index is 0.0409. The number of carbonyl (C=O) groups excluding carboxylic acids is 1. The third-order valence-corrected chi connectivity index (χ3v) is 2.62. The summed E-state index contributed by atoms with van der Waals surface area (Å²) < 4.78 is 5.31. The van der Waals surface area contributed by atoms with Crippen LogP contribution in [0.15, 0.2) is 24.3 Å². The molecule has 1 rings (SSSR count). The summed E-state index contributed by atoms with van der Waals surface area (Å²) in [5.41, 5.74) is 2.08. The van der Waals surface area contributed by atoms with Gasteiger partial charge < -0.3 is 4.74 Å². The highest BCUT2D eigenvalue weighted by Crippen LogP contribution is 2.22. The Morgan fingerprint density at radius 1 is 1.18 bits per heavy atom. The molecule has 2 heteroatoms. The average Bonchev–Trinajstić information content (AvgIpc) is 2.25. The Labute approximate surface area is 104 Å². The van der Waals surface area contributed by atoms with Gasteiger partial charge in [-0.05, 0) is 24.8 Å².